The van der Waals surface area contributed by atoms with Gasteiger partial charge in [-0.1, -0.05) is 36.4 Å². The molecule has 0 radical (unpaired) electrons. The molecule has 25 heavy (non-hydrogen) atoms. The molecular formula is C19H27IN4O. The molecule has 1 aromatic heterocycles. The Bertz CT molecular complexity index is 632. The normalized spacial score (nSPS) is 12.0. The lowest BCUT2D eigenvalue weighted by Crippen LogP contribution is -2.42. The van der Waals surface area contributed by atoms with Crippen molar-refractivity contribution in [3.8, 4) is 5.88 Å². The molecule has 1 atom stereocenters. The fourth-order valence-electron chi connectivity index (χ4n) is 2.35. The summed E-state index contributed by atoms with van der Waals surface area (Å²) in [6.07, 6.45) is 3.90. The Morgan fingerprint density at radius 3 is 2.52 bits per heavy atom. The number of aromatic nitrogens is 1. The molecule has 0 aliphatic carbocycles. The number of guanidine groups is 1. The fraction of sp³-hybridized carbons (Fsp3) is 0.368. The van der Waals surface area contributed by atoms with E-state index in [1.54, 1.807) is 20.4 Å². The highest BCUT2D eigenvalue weighted by Crippen LogP contribution is 2.07. The van der Waals surface area contributed by atoms with Crippen LogP contribution in [-0.2, 0) is 13.0 Å². The van der Waals surface area contributed by atoms with Gasteiger partial charge in [-0.3, -0.25) is 4.99 Å². The third kappa shape index (κ3) is 7.72. The SMILES string of the molecule is CN=C(NCc1ccc(OC)nc1)NC(C)CCc1ccccc1.I. The lowest BCUT2D eigenvalue weighted by atomic mass is 10.1. The summed E-state index contributed by atoms with van der Waals surface area (Å²) in [7, 11) is 3.40. The Morgan fingerprint density at radius 2 is 1.92 bits per heavy atom. The molecular weight excluding hydrogens is 427 g/mol. The molecule has 5 nitrogen and oxygen atoms in total. The van der Waals surface area contributed by atoms with E-state index in [2.05, 4.69) is 51.8 Å². The van der Waals surface area contributed by atoms with Gasteiger partial charge >= 0.3 is 0 Å². The maximum absolute atomic E-state index is 5.06. The molecule has 0 saturated carbocycles. The van der Waals surface area contributed by atoms with Crippen molar-refractivity contribution < 1.29 is 4.74 Å². The molecule has 0 fully saturated rings. The summed E-state index contributed by atoms with van der Waals surface area (Å²) in [5.74, 6) is 1.42. The van der Waals surface area contributed by atoms with E-state index in [0.717, 1.165) is 24.4 Å². The summed E-state index contributed by atoms with van der Waals surface area (Å²) >= 11 is 0. The second kappa shape index (κ2) is 11.7. The molecule has 0 saturated heterocycles. The molecule has 1 aromatic carbocycles. The summed E-state index contributed by atoms with van der Waals surface area (Å²) in [6.45, 7) is 2.84. The van der Waals surface area contributed by atoms with Crippen LogP contribution in [0.4, 0.5) is 0 Å². The molecule has 0 spiro atoms. The van der Waals surface area contributed by atoms with Crippen molar-refractivity contribution >= 4 is 29.9 Å². The topological polar surface area (TPSA) is 58.5 Å². The van der Waals surface area contributed by atoms with Crippen molar-refractivity contribution in [2.45, 2.75) is 32.4 Å². The number of methoxy groups -OCH3 is 1. The van der Waals surface area contributed by atoms with Gasteiger partial charge in [0.15, 0.2) is 5.96 Å². The Morgan fingerprint density at radius 1 is 1.16 bits per heavy atom. The molecule has 2 N–H and O–H groups in total. The van der Waals surface area contributed by atoms with E-state index in [4.69, 9.17) is 4.74 Å². The Hall–Kier alpha value is -1.83. The lowest BCUT2D eigenvalue weighted by molar-refractivity contribution is 0.397. The second-order valence-corrected chi connectivity index (χ2v) is 5.70. The maximum atomic E-state index is 5.06. The Kier molecular flexibility index (Phi) is 9.91. The van der Waals surface area contributed by atoms with Gasteiger partial charge in [0.05, 0.1) is 7.11 Å². The molecule has 0 aliphatic heterocycles. The Labute approximate surface area is 167 Å². The van der Waals surface area contributed by atoms with Gasteiger partial charge in [0.1, 0.15) is 0 Å². The number of ether oxygens (including phenoxy) is 1. The summed E-state index contributed by atoms with van der Waals surface area (Å²) in [5.41, 5.74) is 2.44. The van der Waals surface area contributed by atoms with Crippen molar-refractivity contribution in [2.24, 2.45) is 4.99 Å². The van der Waals surface area contributed by atoms with Gasteiger partial charge in [-0.15, -0.1) is 24.0 Å². The zero-order chi connectivity index (χ0) is 17.2. The largest absolute Gasteiger partial charge is 0.481 e. The van der Waals surface area contributed by atoms with E-state index in [1.807, 2.05) is 18.2 Å². The van der Waals surface area contributed by atoms with Gasteiger partial charge < -0.3 is 15.4 Å². The molecule has 0 amide bonds. The van der Waals surface area contributed by atoms with E-state index < -0.39 is 0 Å². The van der Waals surface area contributed by atoms with Crippen LogP contribution in [0.25, 0.3) is 0 Å². The van der Waals surface area contributed by atoms with Crippen LogP contribution in [0, 0.1) is 0 Å². The minimum atomic E-state index is 0. The van der Waals surface area contributed by atoms with Crippen LogP contribution in [0.3, 0.4) is 0 Å². The van der Waals surface area contributed by atoms with E-state index in [1.165, 1.54) is 5.56 Å². The Balaban J connectivity index is 0.00000312. The standard InChI is InChI=1S/C19H26N4O.HI/c1-15(9-10-16-7-5-4-6-8-16)23-19(20-2)22-14-17-11-12-18(24-3)21-13-17;/h4-8,11-13,15H,9-10,14H2,1-3H3,(H2,20,22,23);1H. The van der Waals surface area contributed by atoms with Crippen LogP contribution in [0.15, 0.2) is 53.7 Å². The molecule has 0 bridgehead atoms. The summed E-state index contributed by atoms with van der Waals surface area (Å²) in [5, 5.41) is 6.73. The number of rotatable bonds is 7. The van der Waals surface area contributed by atoms with E-state index >= 15 is 0 Å². The molecule has 2 rings (SSSR count). The molecule has 2 aromatic rings. The molecule has 136 valence electrons. The molecule has 1 heterocycles. The molecule has 0 aliphatic rings. The highest BCUT2D eigenvalue weighted by molar-refractivity contribution is 14.0. The quantitative estimate of drug-likeness (QED) is 0.383. The minimum Gasteiger partial charge on any atom is -0.481 e. The fourth-order valence-corrected chi connectivity index (χ4v) is 2.35. The van der Waals surface area contributed by atoms with Crippen LogP contribution >= 0.6 is 24.0 Å². The first kappa shape index (κ1) is 21.2. The summed E-state index contributed by atoms with van der Waals surface area (Å²) in [4.78, 5) is 8.48. The first-order valence-electron chi connectivity index (χ1n) is 8.21. The average molecular weight is 454 g/mol. The smallest absolute Gasteiger partial charge is 0.212 e. The first-order chi connectivity index (χ1) is 11.7. The van der Waals surface area contributed by atoms with Crippen molar-refractivity contribution in [3.05, 3.63) is 59.8 Å². The van der Waals surface area contributed by atoms with Crippen molar-refractivity contribution in [1.82, 2.24) is 15.6 Å². The lowest BCUT2D eigenvalue weighted by Gasteiger charge is -2.18. The second-order valence-electron chi connectivity index (χ2n) is 5.70. The highest BCUT2D eigenvalue weighted by Gasteiger charge is 2.06. The average Bonchev–Trinajstić information content (AvgIpc) is 2.64. The number of benzene rings is 1. The van der Waals surface area contributed by atoms with Crippen LogP contribution in [0.1, 0.15) is 24.5 Å². The number of nitrogens with zero attached hydrogens (tertiary/aromatic N) is 2. The van der Waals surface area contributed by atoms with Crippen molar-refractivity contribution in [2.75, 3.05) is 14.2 Å². The van der Waals surface area contributed by atoms with Crippen LogP contribution in [0.2, 0.25) is 0 Å². The predicted octanol–water partition coefficient (Wildman–Crippen LogP) is 3.39. The van der Waals surface area contributed by atoms with Gasteiger partial charge in [0.2, 0.25) is 5.88 Å². The zero-order valence-corrected chi connectivity index (χ0v) is 17.4. The molecule has 1 unspecified atom stereocenters. The van der Waals surface area contributed by atoms with Crippen molar-refractivity contribution in [3.63, 3.8) is 0 Å². The number of pyridine rings is 1. The summed E-state index contributed by atoms with van der Waals surface area (Å²) in [6, 6.07) is 14.7. The van der Waals surface area contributed by atoms with Gasteiger partial charge in [0, 0.05) is 31.9 Å². The van der Waals surface area contributed by atoms with Gasteiger partial charge in [-0.2, -0.15) is 0 Å². The van der Waals surface area contributed by atoms with Gasteiger partial charge in [-0.25, -0.2) is 4.98 Å². The van der Waals surface area contributed by atoms with Crippen LogP contribution in [-0.4, -0.2) is 31.1 Å². The van der Waals surface area contributed by atoms with Crippen molar-refractivity contribution in [1.29, 1.82) is 0 Å². The van der Waals surface area contributed by atoms with E-state index in [0.29, 0.717) is 18.5 Å². The summed E-state index contributed by atoms with van der Waals surface area (Å²) < 4.78 is 5.06. The first-order valence-corrected chi connectivity index (χ1v) is 8.21. The zero-order valence-electron chi connectivity index (χ0n) is 15.0. The van der Waals surface area contributed by atoms with Gasteiger partial charge in [-0.05, 0) is 30.9 Å². The number of aryl methyl sites for hydroxylation is 1. The number of aliphatic imine (C=N–C) groups is 1. The highest BCUT2D eigenvalue weighted by atomic mass is 127. The van der Waals surface area contributed by atoms with Crippen LogP contribution < -0.4 is 15.4 Å². The number of halogens is 1. The monoisotopic (exact) mass is 454 g/mol. The van der Waals surface area contributed by atoms with E-state index in [-0.39, 0.29) is 24.0 Å². The predicted molar refractivity (Wildman–Crippen MR) is 114 cm³/mol. The van der Waals surface area contributed by atoms with Crippen LogP contribution in [0.5, 0.6) is 5.88 Å². The minimum absolute atomic E-state index is 0. The number of hydrogen-bond acceptors (Lipinski definition) is 3. The third-order valence-electron chi connectivity index (χ3n) is 3.78. The third-order valence-corrected chi connectivity index (χ3v) is 3.78. The maximum Gasteiger partial charge on any atom is 0.212 e. The number of nitrogens with one attached hydrogen (secondary N) is 2. The van der Waals surface area contributed by atoms with E-state index in [9.17, 15) is 0 Å². The molecule has 6 heteroatoms. The van der Waals surface area contributed by atoms with Gasteiger partial charge in [0.25, 0.3) is 0 Å². The number of hydrogen-bond donors (Lipinski definition) is 2.